The zero-order valence-electron chi connectivity index (χ0n) is 14.7. The molecular weight excluding hydrogens is 332 g/mol. The molecule has 0 aliphatic heterocycles. The second-order valence-corrected chi connectivity index (χ2v) is 5.79. The van der Waals surface area contributed by atoms with Gasteiger partial charge in [0, 0.05) is 6.20 Å². The van der Waals surface area contributed by atoms with Gasteiger partial charge >= 0.3 is 5.97 Å². The quantitative estimate of drug-likeness (QED) is 0.445. The topological polar surface area (TPSA) is 85.1 Å². The molecule has 1 aromatic carbocycles. The summed E-state index contributed by atoms with van der Waals surface area (Å²) in [5.41, 5.74) is 6.51. The van der Waals surface area contributed by atoms with E-state index in [1.807, 2.05) is 25.3 Å². The molecule has 0 unspecified atom stereocenters. The summed E-state index contributed by atoms with van der Waals surface area (Å²) in [5, 5.41) is 3.98. The van der Waals surface area contributed by atoms with Gasteiger partial charge in [0.1, 0.15) is 11.3 Å². The number of carbonyl (C=O) groups is 2. The molecule has 132 valence electrons. The summed E-state index contributed by atoms with van der Waals surface area (Å²) in [6.45, 7) is 3.74. The lowest BCUT2D eigenvalue weighted by atomic mass is 10.1. The Morgan fingerprint density at radius 2 is 1.88 bits per heavy atom. The highest BCUT2D eigenvalue weighted by Crippen LogP contribution is 2.13. The van der Waals surface area contributed by atoms with Crippen molar-refractivity contribution in [1.29, 1.82) is 0 Å². The van der Waals surface area contributed by atoms with E-state index >= 15 is 0 Å². The van der Waals surface area contributed by atoms with Gasteiger partial charge in [-0.25, -0.2) is 15.2 Å². The molecule has 3 rings (SSSR count). The van der Waals surface area contributed by atoms with Crippen LogP contribution in [0.15, 0.2) is 47.7 Å². The monoisotopic (exact) mass is 350 g/mol. The molecule has 2 aromatic heterocycles. The maximum absolute atomic E-state index is 12.5. The molecular formula is C19H18N4O3. The number of benzene rings is 1. The Labute approximate surface area is 150 Å². The number of aromatic nitrogens is 2. The second-order valence-electron chi connectivity index (χ2n) is 5.79. The summed E-state index contributed by atoms with van der Waals surface area (Å²) >= 11 is 0. The molecule has 0 aliphatic carbocycles. The van der Waals surface area contributed by atoms with Crippen LogP contribution in [0.25, 0.3) is 5.65 Å². The zero-order chi connectivity index (χ0) is 18.7. The van der Waals surface area contributed by atoms with Crippen LogP contribution in [-0.2, 0) is 4.74 Å². The van der Waals surface area contributed by atoms with Gasteiger partial charge in [0.15, 0.2) is 0 Å². The first kappa shape index (κ1) is 17.3. The van der Waals surface area contributed by atoms with Crippen molar-refractivity contribution >= 4 is 23.7 Å². The van der Waals surface area contributed by atoms with Gasteiger partial charge in [-0.05, 0) is 43.2 Å². The van der Waals surface area contributed by atoms with Crippen LogP contribution in [-0.4, -0.2) is 34.6 Å². The SMILES string of the molecule is COC(=O)c1ccc(C=NNC(=O)c2c(C)nc3ccc(C)cn23)cc1. The fourth-order valence-corrected chi connectivity index (χ4v) is 2.58. The van der Waals surface area contributed by atoms with Gasteiger partial charge in [-0.3, -0.25) is 9.20 Å². The van der Waals surface area contributed by atoms with Gasteiger partial charge < -0.3 is 4.74 Å². The average Bonchev–Trinajstić information content (AvgIpc) is 2.96. The van der Waals surface area contributed by atoms with E-state index in [2.05, 4.69) is 20.2 Å². The number of imidazole rings is 1. The van der Waals surface area contributed by atoms with Crippen molar-refractivity contribution in [3.63, 3.8) is 0 Å². The first-order valence-electron chi connectivity index (χ1n) is 7.96. The molecule has 2 heterocycles. The number of hydrogen-bond donors (Lipinski definition) is 1. The number of esters is 1. The lowest BCUT2D eigenvalue weighted by Crippen LogP contribution is -2.20. The Kier molecular flexibility index (Phi) is 4.79. The first-order chi connectivity index (χ1) is 12.5. The Balaban J connectivity index is 1.75. The average molecular weight is 350 g/mol. The number of nitrogens with zero attached hydrogens (tertiary/aromatic N) is 3. The van der Waals surface area contributed by atoms with Crippen LogP contribution in [0.5, 0.6) is 0 Å². The van der Waals surface area contributed by atoms with E-state index in [1.54, 1.807) is 35.6 Å². The van der Waals surface area contributed by atoms with Crippen molar-refractivity contribution in [3.05, 3.63) is 70.7 Å². The number of ether oxygens (including phenoxy) is 1. The van der Waals surface area contributed by atoms with Crippen LogP contribution in [0.1, 0.15) is 37.7 Å². The Morgan fingerprint density at radius 1 is 1.15 bits per heavy atom. The molecule has 0 atom stereocenters. The molecule has 7 nitrogen and oxygen atoms in total. The highest BCUT2D eigenvalue weighted by Gasteiger charge is 2.16. The molecule has 0 aliphatic rings. The molecule has 0 radical (unpaired) electrons. The van der Waals surface area contributed by atoms with Crippen molar-refractivity contribution in [2.45, 2.75) is 13.8 Å². The number of nitrogens with one attached hydrogen (secondary N) is 1. The number of amides is 1. The highest BCUT2D eigenvalue weighted by molar-refractivity contribution is 5.95. The number of fused-ring (bicyclic) bond motifs is 1. The molecule has 1 N–H and O–H groups in total. The van der Waals surface area contributed by atoms with Crippen molar-refractivity contribution in [1.82, 2.24) is 14.8 Å². The van der Waals surface area contributed by atoms with Crippen molar-refractivity contribution in [3.8, 4) is 0 Å². The highest BCUT2D eigenvalue weighted by atomic mass is 16.5. The van der Waals surface area contributed by atoms with E-state index in [4.69, 9.17) is 0 Å². The predicted molar refractivity (Wildman–Crippen MR) is 97.5 cm³/mol. The molecule has 0 saturated heterocycles. The van der Waals surface area contributed by atoms with E-state index in [0.717, 1.165) is 11.1 Å². The Bertz CT molecular complexity index is 1000. The number of pyridine rings is 1. The minimum Gasteiger partial charge on any atom is -0.465 e. The predicted octanol–water partition coefficient (Wildman–Crippen LogP) is 2.50. The van der Waals surface area contributed by atoms with Crippen LogP contribution in [0.3, 0.4) is 0 Å². The second kappa shape index (κ2) is 7.18. The van der Waals surface area contributed by atoms with Gasteiger partial charge in [-0.15, -0.1) is 0 Å². The fraction of sp³-hybridized carbons (Fsp3) is 0.158. The number of hydrazone groups is 1. The molecule has 0 bridgehead atoms. The van der Waals surface area contributed by atoms with E-state index in [-0.39, 0.29) is 5.91 Å². The normalized spacial score (nSPS) is 11.0. The van der Waals surface area contributed by atoms with Crippen LogP contribution >= 0.6 is 0 Å². The molecule has 7 heteroatoms. The number of methoxy groups -OCH3 is 1. The summed E-state index contributed by atoms with van der Waals surface area (Å²) in [4.78, 5) is 28.3. The third kappa shape index (κ3) is 3.46. The first-order valence-corrected chi connectivity index (χ1v) is 7.96. The Hall–Kier alpha value is -3.48. The summed E-state index contributed by atoms with van der Waals surface area (Å²) in [6.07, 6.45) is 3.36. The maximum atomic E-state index is 12.5. The minimum atomic E-state index is -0.403. The van der Waals surface area contributed by atoms with Gasteiger partial charge in [-0.1, -0.05) is 18.2 Å². The number of rotatable bonds is 4. The van der Waals surface area contributed by atoms with Gasteiger partial charge in [-0.2, -0.15) is 5.10 Å². The lowest BCUT2D eigenvalue weighted by molar-refractivity contribution is 0.0600. The summed E-state index contributed by atoms with van der Waals surface area (Å²) in [6, 6.07) is 10.5. The smallest absolute Gasteiger partial charge is 0.337 e. The minimum absolute atomic E-state index is 0.344. The standard InChI is InChI=1S/C19H18N4O3/c1-12-4-9-16-21-13(2)17(23(16)11-12)18(24)22-20-10-14-5-7-15(8-6-14)19(25)26-3/h4-11H,1-3H3,(H,22,24). The molecule has 0 saturated carbocycles. The summed E-state index contributed by atoms with van der Waals surface area (Å²) in [5.74, 6) is -0.747. The third-order valence-electron chi connectivity index (χ3n) is 3.87. The maximum Gasteiger partial charge on any atom is 0.337 e. The zero-order valence-corrected chi connectivity index (χ0v) is 14.7. The summed E-state index contributed by atoms with van der Waals surface area (Å²) in [7, 11) is 1.33. The summed E-state index contributed by atoms with van der Waals surface area (Å²) < 4.78 is 6.40. The molecule has 3 aromatic rings. The van der Waals surface area contributed by atoms with Crippen LogP contribution in [0.4, 0.5) is 0 Å². The Morgan fingerprint density at radius 3 is 2.58 bits per heavy atom. The largest absolute Gasteiger partial charge is 0.465 e. The van der Waals surface area contributed by atoms with E-state index in [0.29, 0.717) is 22.6 Å². The van der Waals surface area contributed by atoms with Crippen LogP contribution in [0, 0.1) is 13.8 Å². The van der Waals surface area contributed by atoms with Crippen LogP contribution < -0.4 is 5.43 Å². The van der Waals surface area contributed by atoms with Crippen molar-refractivity contribution < 1.29 is 14.3 Å². The fourth-order valence-electron chi connectivity index (χ4n) is 2.58. The molecule has 1 amide bonds. The van der Waals surface area contributed by atoms with Crippen molar-refractivity contribution in [2.24, 2.45) is 5.10 Å². The van der Waals surface area contributed by atoms with Gasteiger partial charge in [0.05, 0.1) is 24.6 Å². The number of aryl methyl sites for hydroxylation is 2. The van der Waals surface area contributed by atoms with E-state index in [1.165, 1.54) is 13.3 Å². The van der Waals surface area contributed by atoms with Gasteiger partial charge in [0.25, 0.3) is 5.91 Å². The third-order valence-corrected chi connectivity index (χ3v) is 3.87. The van der Waals surface area contributed by atoms with Crippen molar-refractivity contribution in [2.75, 3.05) is 7.11 Å². The van der Waals surface area contributed by atoms with E-state index in [9.17, 15) is 9.59 Å². The molecule has 26 heavy (non-hydrogen) atoms. The van der Waals surface area contributed by atoms with Crippen LogP contribution in [0.2, 0.25) is 0 Å². The molecule has 0 fully saturated rings. The van der Waals surface area contributed by atoms with E-state index < -0.39 is 5.97 Å². The lowest BCUT2D eigenvalue weighted by Gasteiger charge is -2.03. The number of carbonyl (C=O) groups excluding carboxylic acids is 2. The van der Waals surface area contributed by atoms with Gasteiger partial charge in [0.2, 0.25) is 0 Å². The number of hydrogen-bond acceptors (Lipinski definition) is 5. The molecule has 0 spiro atoms.